The molecule has 13 heteroatoms. The van der Waals surface area contributed by atoms with Crippen LogP contribution in [0, 0.1) is 0 Å². The maximum atomic E-state index is 12.3. The minimum absolute atomic E-state index is 0.0655. The molecule has 5 N–H and O–H groups in total. The molecule has 0 atom stereocenters. The Morgan fingerprint density at radius 1 is 1.27 bits per heavy atom. The molecule has 3 rings (SSSR count). The summed E-state index contributed by atoms with van der Waals surface area (Å²) in [5, 5.41) is 5.07. The van der Waals surface area contributed by atoms with E-state index in [2.05, 4.69) is 25.0 Å². The van der Waals surface area contributed by atoms with Crippen molar-refractivity contribution in [1.29, 1.82) is 0 Å². The van der Waals surface area contributed by atoms with E-state index in [4.69, 9.17) is 5.73 Å². The van der Waals surface area contributed by atoms with Gasteiger partial charge in [-0.15, -0.1) is 11.3 Å². The Bertz CT molecular complexity index is 1160. The van der Waals surface area contributed by atoms with Gasteiger partial charge in [-0.25, -0.2) is 18.4 Å². The minimum Gasteiger partial charge on any atom is -0.383 e. The molecule has 0 fully saturated rings. The van der Waals surface area contributed by atoms with Crippen LogP contribution >= 0.6 is 23.1 Å². The fourth-order valence-corrected chi connectivity index (χ4v) is 4.93. The summed E-state index contributed by atoms with van der Waals surface area (Å²) >= 11 is 2.48. The number of aromatic amines is 1. The second-order valence-electron chi connectivity index (χ2n) is 5.94. The molecular formula is C17H18N6O4S3. The Balaban J connectivity index is 1.46. The van der Waals surface area contributed by atoms with E-state index < -0.39 is 10.0 Å². The van der Waals surface area contributed by atoms with Crippen LogP contribution in [-0.4, -0.2) is 35.0 Å². The van der Waals surface area contributed by atoms with E-state index in [-0.39, 0.29) is 33.7 Å². The topological polar surface area (TPSA) is 160 Å². The quantitative estimate of drug-likeness (QED) is 0.212. The van der Waals surface area contributed by atoms with Crippen LogP contribution in [0.4, 0.5) is 16.6 Å². The standard InChI is InChI=1S/C17H18N6O4S3/c18-13-10-15(25)22-17(21-13)28-8-1-2-14(24)20-11-3-5-12(6-4-11)30(26,27)23-16-19-7-9-29-16/h3-7,9-10H,1-2,8H2,(H,19,23)(H,20,24)(H3,18,21,22,25). The molecule has 0 unspecified atom stereocenters. The van der Waals surface area contributed by atoms with Gasteiger partial charge in [-0.3, -0.25) is 14.3 Å². The Kier molecular flexibility index (Phi) is 7.07. The number of aromatic nitrogens is 3. The lowest BCUT2D eigenvalue weighted by Crippen LogP contribution is -2.14. The minimum atomic E-state index is -3.74. The number of H-pyrrole nitrogens is 1. The van der Waals surface area contributed by atoms with Crippen LogP contribution in [0.15, 0.2) is 56.8 Å². The van der Waals surface area contributed by atoms with Crippen molar-refractivity contribution in [1.82, 2.24) is 15.0 Å². The summed E-state index contributed by atoms with van der Waals surface area (Å²) in [5.41, 5.74) is 5.68. The summed E-state index contributed by atoms with van der Waals surface area (Å²) in [6.07, 6.45) is 2.31. The highest BCUT2D eigenvalue weighted by molar-refractivity contribution is 7.99. The Labute approximate surface area is 180 Å². The zero-order chi connectivity index (χ0) is 21.6. The molecule has 30 heavy (non-hydrogen) atoms. The highest BCUT2D eigenvalue weighted by Crippen LogP contribution is 2.20. The Morgan fingerprint density at radius 3 is 2.70 bits per heavy atom. The number of benzene rings is 1. The molecule has 0 aliphatic carbocycles. The fraction of sp³-hybridized carbons (Fsp3) is 0.176. The van der Waals surface area contributed by atoms with Crippen molar-refractivity contribution < 1.29 is 13.2 Å². The molecule has 158 valence electrons. The number of carbonyl (C=O) groups excluding carboxylic acids is 1. The van der Waals surface area contributed by atoms with Crippen LogP contribution in [0.5, 0.6) is 0 Å². The van der Waals surface area contributed by atoms with Crippen molar-refractivity contribution in [2.24, 2.45) is 0 Å². The third-order valence-corrected chi connectivity index (χ3v) is 6.76. The van der Waals surface area contributed by atoms with Crippen LogP contribution in [0.2, 0.25) is 0 Å². The molecule has 1 amide bonds. The van der Waals surface area contributed by atoms with Crippen molar-refractivity contribution in [3.63, 3.8) is 0 Å². The first-order valence-corrected chi connectivity index (χ1v) is 12.0. The van der Waals surface area contributed by atoms with Crippen LogP contribution in [0.25, 0.3) is 0 Å². The number of hydrogen-bond acceptors (Lipinski definition) is 9. The monoisotopic (exact) mass is 466 g/mol. The van der Waals surface area contributed by atoms with Gasteiger partial charge >= 0.3 is 0 Å². The lowest BCUT2D eigenvalue weighted by molar-refractivity contribution is -0.116. The number of thiazole rings is 1. The SMILES string of the molecule is Nc1cc(=O)[nH]c(SCCCC(=O)Nc2ccc(S(=O)(=O)Nc3nccs3)cc2)n1. The van der Waals surface area contributed by atoms with Crippen molar-refractivity contribution in [3.8, 4) is 0 Å². The number of nitrogens with one attached hydrogen (secondary N) is 3. The van der Waals surface area contributed by atoms with E-state index in [1.54, 1.807) is 5.38 Å². The summed E-state index contributed by atoms with van der Waals surface area (Å²) < 4.78 is 27.0. The van der Waals surface area contributed by atoms with Crippen LogP contribution in [-0.2, 0) is 14.8 Å². The predicted octanol–water partition coefficient (Wildman–Crippen LogP) is 2.12. The molecule has 0 saturated heterocycles. The summed E-state index contributed by atoms with van der Waals surface area (Å²) in [6, 6.07) is 7.05. The van der Waals surface area contributed by atoms with Crippen molar-refractivity contribution in [2.75, 3.05) is 21.5 Å². The molecule has 10 nitrogen and oxygen atoms in total. The zero-order valence-corrected chi connectivity index (χ0v) is 17.9. The third-order valence-electron chi connectivity index (χ3n) is 3.63. The van der Waals surface area contributed by atoms with Gasteiger partial charge in [0.1, 0.15) is 5.82 Å². The number of rotatable bonds is 9. The first-order chi connectivity index (χ1) is 14.3. The van der Waals surface area contributed by atoms with Gasteiger partial charge in [0.25, 0.3) is 15.6 Å². The van der Waals surface area contributed by atoms with Gasteiger partial charge in [-0.05, 0) is 30.7 Å². The largest absolute Gasteiger partial charge is 0.383 e. The van der Waals surface area contributed by atoms with Crippen LogP contribution in [0.3, 0.4) is 0 Å². The first-order valence-electron chi connectivity index (χ1n) is 8.64. The molecule has 1 aromatic carbocycles. The maximum Gasteiger partial charge on any atom is 0.263 e. The van der Waals surface area contributed by atoms with Crippen molar-refractivity contribution in [2.45, 2.75) is 22.9 Å². The van der Waals surface area contributed by atoms with Crippen molar-refractivity contribution in [3.05, 3.63) is 52.3 Å². The average molecular weight is 467 g/mol. The molecule has 2 aromatic heterocycles. The smallest absolute Gasteiger partial charge is 0.263 e. The molecule has 0 bridgehead atoms. The highest BCUT2D eigenvalue weighted by Gasteiger charge is 2.15. The lowest BCUT2D eigenvalue weighted by atomic mass is 10.3. The van der Waals surface area contributed by atoms with Gasteiger partial charge in [0, 0.05) is 35.5 Å². The number of amides is 1. The number of nitrogens with two attached hydrogens (primary N) is 1. The number of anilines is 3. The average Bonchev–Trinajstić information content (AvgIpc) is 3.17. The third kappa shape index (κ3) is 6.30. The van der Waals surface area contributed by atoms with Gasteiger partial charge in [0.15, 0.2) is 10.3 Å². The van der Waals surface area contributed by atoms with Gasteiger partial charge < -0.3 is 16.0 Å². The van der Waals surface area contributed by atoms with E-state index >= 15 is 0 Å². The summed E-state index contributed by atoms with van der Waals surface area (Å²) in [4.78, 5) is 33.9. The molecule has 2 heterocycles. The van der Waals surface area contributed by atoms with Gasteiger partial charge in [0.05, 0.1) is 4.90 Å². The van der Waals surface area contributed by atoms with Crippen molar-refractivity contribution >= 4 is 55.7 Å². The number of nitrogen functional groups attached to an aromatic ring is 1. The predicted molar refractivity (Wildman–Crippen MR) is 117 cm³/mol. The summed E-state index contributed by atoms with van der Waals surface area (Å²) in [6.45, 7) is 0. The number of thioether (sulfide) groups is 1. The molecule has 0 spiro atoms. The Morgan fingerprint density at radius 2 is 2.03 bits per heavy atom. The molecule has 3 aromatic rings. The van der Waals surface area contributed by atoms with Crippen LogP contribution < -0.4 is 21.3 Å². The number of hydrogen-bond donors (Lipinski definition) is 4. The number of sulfonamides is 1. The van der Waals surface area contributed by atoms with Crippen LogP contribution in [0.1, 0.15) is 12.8 Å². The first kappa shape index (κ1) is 21.8. The zero-order valence-electron chi connectivity index (χ0n) is 15.5. The highest BCUT2D eigenvalue weighted by atomic mass is 32.2. The van der Waals surface area contributed by atoms with E-state index in [0.717, 1.165) is 0 Å². The van der Waals surface area contributed by atoms with Gasteiger partial charge in [-0.2, -0.15) is 0 Å². The molecule has 0 aliphatic rings. The fourth-order valence-electron chi connectivity index (χ4n) is 2.31. The number of nitrogens with zero attached hydrogens (tertiary/aromatic N) is 2. The van der Waals surface area contributed by atoms with E-state index in [9.17, 15) is 18.0 Å². The van der Waals surface area contributed by atoms with Gasteiger partial charge in [0.2, 0.25) is 5.91 Å². The summed E-state index contributed by atoms with van der Waals surface area (Å²) in [7, 11) is -3.74. The molecule has 0 saturated carbocycles. The van der Waals surface area contributed by atoms with E-state index in [1.165, 1.54) is 59.6 Å². The Hall–Kier alpha value is -2.90. The second kappa shape index (κ2) is 9.73. The maximum absolute atomic E-state index is 12.3. The second-order valence-corrected chi connectivity index (χ2v) is 9.60. The molecule has 0 radical (unpaired) electrons. The lowest BCUT2D eigenvalue weighted by Gasteiger charge is -2.08. The summed E-state index contributed by atoms with van der Waals surface area (Å²) in [5.74, 6) is 0.506. The van der Waals surface area contributed by atoms with Gasteiger partial charge in [-0.1, -0.05) is 11.8 Å². The molecule has 0 aliphatic heterocycles. The number of carbonyl (C=O) groups is 1. The van der Waals surface area contributed by atoms with E-state index in [0.29, 0.717) is 23.0 Å². The van der Waals surface area contributed by atoms with E-state index in [1.807, 2.05) is 0 Å². The molecular weight excluding hydrogens is 448 g/mol. The normalized spacial score (nSPS) is 11.2.